The molecule has 0 atom stereocenters. The molecule has 1 heterocycles. The highest BCUT2D eigenvalue weighted by atomic mass is 32.1. The van der Waals surface area contributed by atoms with Gasteiger partial charge in [0.25, 0.3) is 0 Å². The van der Waals surface area contributed by atoms with E-state index < -0.39 is 5.97 Å². The Morgan fingerprint density at radius 2 is 2.11 bits per heavy atom. The molecule has 0 aliphatic rings. The van der Waals surface area contributed by atoms with E-state index in [1.807, 2.05) is 13.8 Å². The van der Waals surface area contributed by atoms with Gasteiger partial charge in [-0.05, 0) is 25.0 Å². The van der Waals surface area contributed by atoms with Crippen LogP contribution in [0, 0.1) is 6.92 Å². The van der Waals surface area contributed by atoms with Gasteiger partial charge in [-0.2, -0.15) is 0 Å². The van der Waals surface area contributed by atoms with Gasteiger partial charge in [-0.25, -0.2) is 4.79 Å². The highest BCUT2D eigenvalue weighted by molar-refractivity contribution is 7.14. The van der Waals surface area contributed by atoms with Gasteiger partial charge in [-0.1, -0.05) is 6.92 Å². The molecule has 3 N–H and O–H groups in total. The van der Waals surface area contributed by atoms with E-state index in [0.717, 1.165) is 16.9 Å². The average Bonchev–Trinajstić information content (AvgIpc) is 2.74. The molecule has 1 aromatic rings. The Morgan fingerprint density at radius 3 is 2.68 bits per heavy atom. The van der Waals surface area contributed by atoms with E-state index in [9.17, 15) is 9.59 Å². The van der Waals surface area contributed by atoms with Crippen LogP contribution in [0.2, 0.25) is 0 Å². The van der Waals surface area contributed by atoms with Crippen molar-refractivity contribution in [3.05, 3.63) is 21.4 Å². The number of carboxylic acid groups (broad SMARTS) is 1. The predicted octanol–water partition coefficient (Wildman–Crippen LogP) is 1.76. The van der Waals surface area contributed by atoms with E-state index in [0.29, 0.717) is 30.9 Å². The molecule has 5 nitrogen and oxygen atoms in total. The van der Waals surface area contributed by atoms with Gasteiger partial charge in [0.15, 0.2) is 0 Å². The number of carbonyl (C=O) groups excluding carboxylic acids is 1. The van der Waals surface area contributed by atoms with E-state index in [2.05, 4.69) is 10.6 Å². The number of aryl methyl sites for hydroxylation is 1. The number of carbonyl (C=O) groups is 2. The third kappa shape index (κ3) is 5.40. The van der Waals surface area contributed by atoms with E-state index in [4.69, 9.17) is 5.11 Å². The smallest absolute Gasteiger partial charge is 0.345 e. The fourth-order valence-electron chi connectivity index (χ4n) is 1.58. The molecule has 0 aliphatic heterocycles. The summed E-state index contributed by atoms with van der Waals surface area (Å²) in [4.78, 5) is 23.5. The highest BCUT2D eigenvalue weighted by Gasteiger charge is 2.10. The molecular formula is C13H20N2O3S. The van der Waals surface area contributed by atoms with Crippen LogP contribution in [0.4, 0.5) is 0 Å². The summed E-state index contributed by atoms with van der Waals surface area (Å²) < 4.78 is 0. The minimum Gasteiger partial charge on any atom is -0.477 e. The van der Waals surface area contributed by atoms with Crippen molar-refractivity contribution in [2.24, 2.45) is 0 Å². The Balaban J connectivity index is 2.29. The molecule has 0 aliphatic carbocycles. The molecule has 1 aromatic heterocycles. The first kappa shape index (κ1) is 15.7. The Hall–Kier alpha value is -1.40. The lowest BCUT2D eigenvalue weighted by Crippen LogP contribution is -2.28. The van der Waals surface area contributed by atoms with Crippen LogP contribution in [0.15, 0.2) is 6.07 Å². The maximum Gasteiger partial charge on any atom is 0.345 e. The third-order valence-corrected chi connectivity index (χ3v) is 3.73. The second kappa shape index (κ2) is 7.91. The lowest BCUT2D eigenvalue weighted by Gasteiger charge is -2.05. The van der Waals surface area contributed by atoms with Crippen molar-refractivity contribution in [1.82, 2.24) is 10.6 Å². The number of aromatic carboxylic acids is 1. The fourth-order valence-corrected chi connectivity index (χ4v) is 2.46. The Labute approximate surface area is 117 Å². The van der Waals surface area contributed by atoms with Crippen LogP contribution in [-0.4, -0.2) is 30.1 Å². The van der Waals surface area contributed by atoms with Crippen LogP contribution in [0.25, 0.3) is 0 Å². The van der Waals surface area contributed by atoms with Crippen LogP contribution in [-0.2, 0) is 11.3 Å². The zero-order chi connectivity index (χ0) is 14.3. The lowest BCUT2D eigenvalue weighted by molar-refractivity contribution is -0.120. The molecule has 0 unspecified atom stereocenters. The van der Waals surface area contributed by atoms with E-state index in [-0.39, 0.29) is 5.91 Å². The van der Waals surface area contributed by atoms with Crippen molar-refractivity contribution >= 4 is 23.2 Å². The summed E-state index contributed by atoms with van der Waals surface area (Å²) in [6.07, 6.45) is 1.38. The summed E-state index contributed by atoms with van der Waals surface area (Å²) in [5.41, 5.74) is 0.983. The monoisotopic (exact) mass is 284 g/mol. The molecule has 19 heavy (non-hydrogen) atoms. The Bertz CT molecular complexity index is 443. The van der Waals surface area contributed by atoms with Crippen LogP contribution in [0.1, 0.15) is 39.9 Å². The topological polar surface area (TPSA) is 78.4 Å². The van der Waals surface area contributed by atoms with Crippen molar-refractivity contribution in [3.8, 4) is 0 Å². The highest BCUT2D eigenvalue weighted by Crippen LogP contribution is 2.21. The molecule has 0 radical (unpaired) electrons. The normalized spacial score (nSPS) is 10.4. The molecule has 106 valence electrons. The van der Waals surface area contributed by atoms with Crippen LogP contribution in [0.5, 0.6) is 0 Å². The largest absolute Gasteiger partial charge is 0.477 e. The fraction of sp³-hybridized carbons (Fsp3) is 0.538. The van der Waals surface area contributed by atoms with E-state index >= 15 is 0 Å². The number of thiophene rings is 1. The van der Waals surface area contributed by atoms with Crippen LogP contribution >= 0.6 is 11.3 Å². The Kier molecular flexibility index (Phi) is 6.52. The molecule has 0 spiro atoms. The molecule has 0 bridgehead atoms. The second-order valence-electron chi connectivity index (χ2n) is 4.27. The molecule has 0 saturated heterocycles. The van der Waals surface area contributed by atoms with Gasteiger partial charge in [-0.15, -0.1) is 11.3 Å². The number of hydrogen-bond acceptors (Lipinski definition) is 4. The maximum absolute atomic E-state index is 11.3. The van der Waals surface area contributed by atoms with Gasteiger partial charge in [0.1, 0.15) is 4.88 Å². The standard InChI is InChI=1S/C13H20N2O3S/c1-3-5-15-12(16)4-6-14-8-10-7-11(13(17)18)19-9(10)2/h7,14H,3-6,8H2,1-2H3,(H,15,16)(H,17,18). The number of hydrogen-bond donors (Lipinski definition) is 3. The van der Waals surface area contributed by atoms with Crippen LogP contribution in [0.3, 0.4) is 0 Å². The zero-order valence-electron chi connectivity index (χ0n) is 11.3. The summed E-state index contributed by atoms with van der Waals surface area (Å²) in [6.45, 7) is 5.81. The SMILES string of the molecule is CCCNC(=O)CCNCc1cc(C(=O)O)sc1C. The molecule has 1 amide bonds. The quantitative estimate of drug-likeness (QED) is 0.636. The third-order valence-electron chi connectivity index (χ3n) is 2.65. The van der Waals surface area contributed by atoms with Crippen molar-refractivity contribution in [2.75, 3.05) is 13.1 Å². The van der Waals surface area contributed by atoms with E-state index in [1.165, 1.54) is 11.3 Å². The number of amides is 1. The van der Waals surface area contributed by atoms with Crippen molar-refractivity contribution in [1.29, 1.82) is 0 Å². The molecule has 0 saturated carbocycles. The average molecular weight is 284 g/mol. The Morgan fingerprint density at radius 1 is 1.37 bits per heavy atom. The first-order chi connectivity index (χ1) is 9.04. The van der Waals surface area contributed by atoms with E-state index in [1.54, 1.807) is 6.07 Å². The summed E-state index contributed by atoms with van der Waals surface area (Å²) >= 11 is 1.28. The first-order valence-corrected chi connectivity index (χ1v) is 7.16. The summed E-state index contributed by atoms with van der Waals surface area (Å²) in [5.74, 6) is -0.846. The van der Waals surface area contributed by atoms with Gasteiger partial charge in [0, 0.05) is 30.9 Å². The van der Waals surface area contributed by atoms with Crippen molar-refractivity contribution < 1.29 is 14.7 Å². The van der Waals surface area contributed by atoms with Crippen molar-refractivity contribution in [3.63, 3.8) is 0 Å². The first-order valence-electron chi connectivity index (χ1n) is 6.34. The predicted molar refractivity (Wildman–Crippen MR) is 75.6 cm³/mol. The summed E-state index contributed by atoms with van der Waals surface area (Å²) in [6, 6.07) is 1.69. The minimum absolute atomic E-state index is 0.0441. The maximum atomic E-state index is 11.3. The second-order valence-corrected chi connectivity index (χ2v) is 5.53. The van der Waals surface area contributed by atoms with Gasteiger partial charge < -0.3 is 15.7 Å². The molecule has 6 heteroatoms. The molecule has 0 fully saturated rings. The molecule has 0 aromatic carbocycles. The number of nitrogens with one attached hydrogen (secondary N) is 2. The summed E-state index contributed by atoms with van der Waals surface area (Å²) in [7, 11) is 0. The number of rotatable bonds is 8. The summed E-state index contributed by atoms with van der Waals surface area (Å²) in [5, 5.41) is 14.8. The van der Waals surface area contributed by atoms with Gasteiger partial charge >= 0.3 is 5.97 Å². The molecule has 1 rings (SSSR count). The van der Waals surface area contributed by atoms with Gasteiger partial charge in [0.05, 0.1) is 0 Å². The van der Waals surface area contributed by atoms with Crippen molar-refractivity contribution in [2.45, 2.75) is 33.2 Å². The van der Waals surface area contributed by atoms with Crippen LogP contribution < -0.4 is 10.6 Å². The zero-order valence-corrected chi connectivity index (χ0v) is 12.1. The van der Waals surface area contributed by atoms with Gasteiger partial charge in [-0.3, -0.25) is 4.79 Å². The minimum atomic E-state index is -0.890. The van der Waals surface area contributed by atoms with Gasteiger partial charge in [0.2, 0.25) is 5.91 Å². The lowest BCUT2D eigenvalue weighted by atomic mass is 10.2. The number of carboxylic acids is 1. The molecular weight excluding hydrogens is 264 g/mol.